The minimum Gasteiger partial charge on any atom is -0.481 e. The van der Waals surface area contributed by atoms with Crippen molar-refractivity contribution < 1.29 is 19.4 Å². The van der Waals surface area contributed by atoms with Gasteiger partial charge in [0.05, 0.1) is 19.2 Å². The Morgan fingerprint density at radius 3 is 2.50 bits per heavy atom. The van der Waals surface area contributed by atoms with E-state index in [-0.39, 0.29) is 24.3 Å². The van der Waals surface area contributed by atoms with Crippen LogP contribution in [0.3, 0.4) is 0 Å². The van der Waals surface area contributed by atoms with Crippen molar-refractivity contribution in [2.24, 2.45) is 11.8 Å². The van der Waals surface area contributed by atoms with E-state index in [1.54, 1.807) is 18.2 Å². The molecule has 4 rings (SSSR count). The lowest BCUT2D eigenvalue weighted by atomic mass is 9.93. The maximum atomic E-state index is 13.5. The van der Waals surface area contributed by atoms with Crippen LogP contribution in [0.15, 0.2) is 48.0 Å². The molecule has 0 bridgehead atoms. The van der Waals surface area contributed by atoms with Crippen molar-refractivity contribution >= 4 is 28.3 Å². The Morgan fingerprint density at radius 1 is 1.18 bits per heavy atom. The number of anilines is 1. The summed E-state index contributed by atoms with van der Waals surface area (Å²) in [5.74, 6) is -0.855. The molecule has 2 aromatic heterocycles. The van der Waals surface area contributed by atoms with Crippen molar-refractivity contribution in [1.29, 1.82) is 0 Å². The quantitative estimate of drug-likeness (QED) is 0.412. The first-order valence-corrected chi connectivity index (χ1v) is 12.4. The van der Waals surface area contributed by atoms with Crippen LogP contribution < -0.4 is 9.64 Å². The Hall–Kier alpha value is -3.26. The highest BCUT2D eigenvalue weighted by atomic mass is 32.1. The van der Waals surface area contributed by atoms with E-state index in [0.717, 1.165) is 35.2 Å². The van der Waals surface area contributed by atoms with Gasteiger partial charge >= 0.3 is 5.97 Å². The molecular weight excluding hydrogens is 450 g/mol. The molecule has 1 amide bonds. The molecule has 34 heavy (non-hydrogen) atoms. The lowest BCUT2D eigenvalue weighted by Crippen LogP contribution is -2.39. The highest BCUT2D eigenvalue weighted by Crippen LogP contribution is 2.39. The van der Waals surface area contributed by atoms with Gasteiger partial charge in [-0.05, 0) is 36.8 Å². The Bertz CT molecular complexity index is 1150. The summed E-state index contributed by atoms with van der Waals surface area (Å²) in [7, 11) is 1.59. The van der Waals surface area contributed by atoms with Gasteiger partial charge in [0.15, 0.2) is 5.13 Å². The number of pyridine rings is 1. The molecule has 178 valence electrons. The number of amides is 1. The first-order chi connectivity index (χ1) is 16.4. The number of methoxy groups -OCH3 is 1. The fraction of sp³-hybridized carbons (Fsp3) is 0.385. The first kappa shape index (κ1) is 23.9. The third kappa shape index (κ3) is 5.44. The SMILES string of the molecule is COc1ccc(-c2ccccc2-c2csc(N(C(=O)[C@@H](CC(=O)O)CC(C)C)C3CC3)n2)cn1. The smallest absolute Gasteiger partial charge is 0.304 e. The highest BCUT2D eigenvalue weighted by Gasteiger charge is 2.39. The number of nitrogens with zero attached hydrogens (tertiary/aromatic N) is 3. The van der Waals surface area contributed by atoms with E-state index in [1.807, 2.05) is 55.6 Å². The van der Waals surface area contributed by atoms with Crippen LogP contribution in [0.2, 0.25) is 0 Å². The number of benzene rings is 1. The molecular formula is C26H29N3O4S. The highest BCUT2D eigenvalue weighted by molar-refractivity contribution is 7.14. The number of hydrogen-bond donors (Lipinski definition) is 1. The van der Waals surface area contributed by atoms with Crippen molar-refractivity contribution in [3.05, 3.63) is 48.0 Å². The Kier molecular flexibility index (Phi) is 7.26. The van der Waals surface area contributed by atoms with Crippen molar-refractivity contribution in [2.75, 3.05) is 12.0 Å². The zero-order chi connectivity index (χ0) is 24.2. The predicted octanol–water partition coefficient (Wildman–Crippen LogP) is 5.51. The van der Waals surface area contributed by atoms with Crippen LogP contribution in [0.4, 0.5) is 5.13 Å². The Morgan fingerprint density at radius 2 is 1.91 bits per heavy atom. The van der Waals surface area contributed by atoms with Crippen molar-refractivity contribution in [2.45, 2.75) is 45.6 Å². The molecule has 0 saturated heterocycles. The van der Waals surface area contributed by atoms with Crippen LogP contribution >= 0.6 is 11.3 Å². The molecule has 1 fully saturated rings. The second-order valence-corrected chi connectivity index (χ2v) is 9.85. The van der Waals surface area contributed by atoms with E-state index in [2.05, 4.69) is 4.98 Å². The van der Waals surface area contributed by atoms with Gasteiger partial charge in [0, 0.05) is 40.7 Å². The minimum absolute atomic E-state index is 0.0935. The minimum atomic E-state index is -0.948. The number of rotatable bonds is 10. The van der Waals surface area contributed by atoms with Crippen molar-refractivity contribution in [3.63, 3.8) is 0 Å². The summed E-state index contributed by atoms with van der Waals surface area (Å²) in [4.78, 5) is 35.9. The van der Waals surface area contributed by atoms with E-state index in [1.165, 1.54) is 11.3 Å². The molecule has 1 atom stereocenters. The predicted molar refractivity (Wildman–Crippen MR) is 133 cm³/mol. The molecule has 1 saturated carbocycles. The molecule has 2 heterocycles. The molecule has 1 N–H and O–H groups in total. The van der Waals surface area contributed by atoms with Crippen LogP contribution in [0.25, 0.3) is 22.4 Å². The van der Waals surface area contributed by atoms with Gasteiger partial charge < -0.3 is 9.84 Å². The monoisotopic (exact) mass is 479 g/mol. The molecule has 0 aliphatic heterocycles. The fourth-order valence-electron chi connectivity index (χ4n) is 4.13. The summed E-state index contributed by atoms with van der Waals surface area (Å²) in [6.07, 6.45) is 3.98. The average Bonchev–Trinajstić information content (AvgIpc) is 3.54. The van der Waals surface area contributed by atoms with Gasteiger partial charge in [0.25, 0.3) is 0 Å². The van der Waals surface area contributed by atoms with Gasteiger partial charge in [-0.2, -0.15) is 0 Å². The maximum Gasteiger partial charge on any atom is 0.304 e. The number of carbonyl (C=O) groups excluding carboxylic acids is 1. The molecule has 0 spiro atoms. The van der Waals surface area contributed by atoms with Gasteiger partial charge in [-0.25, -0.2) is 9.97 Å². The van der Waals surface area contributed by atoms with Crippen molar-refractivity contribution in [1.82, 2.24) is 9.97 Å². The number of aromatic nitrogens is 2. The third-order valence-corrected chi connectivity index (χ3v) is 6.67. The van der Waals surface area contributed by atoms with Crippen LogP contribution in [-0.4, -0.2) is 40.1 Å². The molecule has 0 unspecified atom stereocenters. The van der Waals surface area contributed by atoms with E-state index in [4.69, 9.17) is 9.72 Å². The van der Waals surface area contributed by atoms with E-state index in [0.29, 0.717) is 17.4 Å². The molecule has 1 aliphatic carbocycles. The number of carbonyl (C=O) groups is 2. The number of carboxylic acids is 1. The standard InChI is InChI=1S/C26H29N3O4S/c1-16(2)12-18(13-24(30)31)25(32)29(19-9-10-19)26-28-22(15-34-26)21-7-5-4-6-20(21)17-8-11-23(33-3)27-14-17/h4-8,11,14-16,18-19H,9-10,12-13H2,1-3H3,(H,30,31)/t18-/m1/s1. The number of aliphatic carboxylic acids is 1. The zero-order valence-electron chi connectivity index (χ0n) is 19.6. The number of hydrogen-bond acceptors (Lipinski definition) is 6. The second kappa shape index (κ2) is 10.3. The van der Waals surface area contributed by atoms with Crippen LogP contribution in [0, 0.1) is 11.8 Å². The topological polar surface area (TPSA) is 92.6 Å². The molecule has 1 aromatic carbocycles. The normalized spacial score (nSPS) is 14.1. The summed E-state index contributed by atoms with van der Waals surface area (Å²) < 4.78 is 5.17. The second-order valence-electron chi connectivity index (χ2n) is 9.01. The van der Waals surface area contributed by atoms with Crippen LogP contribution in [-0.2, 0) is 9.59 Å². The van der Waals surface area contributed by atoms with Gasteiger partial charge in [0.2, 0.25) is 11.8 Å². The van der Waals surface area contributed by atoms with Crippen LogP contribution in [0.1, 0.15) is 39.5 Å². The lowest BCUT2D eigenvalue weighted by molar-refractivity contribution is -0.140. The largest absolute Gasteiger partial charge is 0.481 e. The van der Waals surface area contributed by atoms with Gasteiger partial charge in [0.1, 0.15) is 0 Å². The summed E-state index contributed by atoms with van der Waals surface area (Å²) in [6.45, 7) is 4.02. The number of carboxylic acid groups (broad SMARTS) is 1. The van der Waals surface area contributed by atoms with Crippen molar-refractivity contribution in [3.8, 4) is 28.3 Å². The summed E-state index contributed by atoms with van der Waals surface area (Å²) in [5.41, 5.74) is 3.66. The van der Waals surface area contributed by atoms with Crippen LogP contribution in [0.5, 0.6) is 5.88 Å². The molecule has 3 aromatic rings. The Balaban J connectivity index is 1.65. The van der Waals surface area contributed by atoms with Gasteiger partial charge in [-0.1, -0.05) is 38.1 Å². The Labute approximate surface area is 203 Å². The maximum absolute atomic E-state index is 13.5. The summed E-state index contributed by atoms with van der Waals surface area (Å²) in [5, 5.41) is 12.0. The average molecular weight is 480 g/mol. The van der Waals surface area contributed by atoms with Gasteiger partial charge in [-0.15, -0.1) is 11.3 Å². The number of thiazole rings is 1. The lowest BCUT2D eigenvalue weighted by Gasteiger charge is -2.25. The van der Waals surface area contributed by atoms with Gasteiger partial charge in [-0.3, -0.25) is 14.5 Å². The van der Waals surface area contributed by atoms with E-state index >= 15 is 0 Å². The zero-order valence-corrected chi connectivity index (χ0v) is 20.4. The summed E-state index contributed by atoms with van der Waals surface area (Å²) >= 11 is 1.43. The molecule has 1 aliphatic rings. The number of ether oxygens (including phenoxy) is 1. The molecule has 7 nitrogen and oxygen atoms in total. The third-order valence-electron chi connectivity index (χ3n) is 5.83. The first-order valence-electron chi connectivity index (χ1n) is 11.5. The molecule has 8 heteroatoms. The fourth-order valence-corrected chi connectivity index (χ4v) is 5.03. The molecule has 0 radical (unpaired) electrons. The van der Waals surface area contributed by atoms with E-state index < -0.39 is 11.9 Å². The van der Waals surface area contributed by atoms with E-state index in [9.17, 15) is 14.7 Å². The summed E-state index contributed by atoms with van der Waals surface area (Å²) in [6, 6.07) is 11.8.